The van der Waals surface area contributed by atoms with E-state index in [0.29, 0.717) is 19.0 Å². The number of hydrogen-bond donors (Lipinski definition) is 1. The molecule has 0 fully saturated rings. The van der Waals surface area contributed by atoms with E-state index in [9.17, 15) is 8.42 Å². The standard InChI is InChI=1S/C9H15N3O3S/c1-12(2)16(13,14)8-3-4-9(11-7-8)15-6-5-10/h3-4,7H,5-6,10H2,1-2H3. The Balaban J connectivity index is 2.87. The lowest BCUT2D eigenvalue weighted by molar-refractivity contribution is 0.315. The third-order valence-electron chi connectivity index (χ3n) is 1.86. The molecule has 1 aromatic rings. The maximum absolute atomic E-state index is 11.7. The van der Waals surface area contributed by atoms with Crippen LogP contribution in [0.1, 0.15) is 0 Å². The zero-order valence-electron chi connectivity index (χ0n) is 9.25. The monoisotopic (exact) mass is 245 g/mol. The Morgan fingerprint density at radius 3 is 2.56 bits per heavy atom. The average Bonchev–Trinajstić information content (AvgIpc) is 2.26. The van der Waals surface area contributed by atoms with Crippen LogP contribution in [0.4, 0.5) is 0 Å². The minimum absolute atomic E-state index is 0.137. The van der Waals surface area contributed by atoms with Crippen molar-refractivity contribution in [2.45, 2.75) is 4.90 Å². The van der Waals surface area contributed by atoms with Crippen LogP contribution in [-0.4, -0.2) is 45.0 Å². The summed E-state index contributed by atoms with van der Waals surface area (Å²) in [6.45, 7) is 0.742. The van der Waals surface area contributed by atoms with Crippen molar-refractivity contribution in [3.63, 3.8) is 0 Å². The zero-order valence-corrected chi connectivity index (χ0v) is 10.1. The minimum Gasteiger partial charge on any atom is -0.476 e. The van der Waals surface area contributed by atoms with Gasteiger partial charge >= 0.3 is 0 Å². The largest absolute Gasteiger partial charge is 0.476 e. The molecule has 0 saturated carbocycles. The molecular weight excluding hydrogens is 230 g/mol. The molecule has 1 aromatic heterocycles. The van der Waals surface area contributed by atoms with E-state index >= 15 is 0 Å². The van der Waals surface area contributed by atoms with Crippen LogP contribution in [0, 0.1) is 0 Å². The van der Waals surface area contributed by atoms with Crippen LogP contribution in [-0.2, 0) is 10.0 Å². The predicted molar refractivity (Wildman–Crippen MR) is 59.7 cm³/mol. The maximum atomic E-state index is 11.7. The van der Waals surface area contributed by atoms with Gasteiger partial charge in [0.05, 0.1) is 6.20 Å². The molecular formula is C9H15N3O3S. The molecule has 0 bridgehead atoms. The van der Waals surface area contributed by atoms with Gasteiger partial charge in [-0.3, -0.25) is 0 Å². The maximum Gasteiger partial charge on any atom is 0.244 e. The van der Waals surface area contributed by atoms with Gasteiger partial charge in [-0.1, -0.05) is 0 Å². The Kier molecular flexibility index (Phi) is 4.22. The number of sulfonamides is 1. The molecule has 0 aliphatic carbocycles. The molecule has 6 nitrogen and oxygen atoms in total. The number of nitrogens with zero attached hydrogens (tertiary/aromatic N) is 2. The van der Waals surface area contributed by atoms with Crippen LogP contribution in [0.5, 0.6) is 5.88 Å². The minimum atomic E-state index is -3.42. The highest BCUT2D eigenvalue weighted by atomic mass is 32.2. The first-order chi connectivity index (χ1) is 7.48. The summed E-state index contributed by atoms with van der Waals surface area (Å²) in [4.78, 5) is 4.02. The number of nitrogens with two attached hydrogens (primary N) is 1. The lowest BCUT2D eigenvalue weighted by atomic mass is 10.5. The third kappa shape index (κ3) is 2.91. The second-order valence-electron chi connectivity index (χ2n) is 3.26. The lowest BCUT2D eigenvalue weighted by Gasteiger charge is -2.11. The van der Waals surface area contributed by atoms with Crippen molar-refractivity contribution < 1.29 is 13.2 Å². The van der Waals surface area contributed by atoms with Gasteiger partial charge in [-0.25, -0.2) is 17.7 Å². The van der Waals surface area contributed by atoms with Crippen LogP contribution >= 0.6 is 0 Å². The van der Waals surface area contributed by atoms with Crippen molar-refractivity contribution >= 4 is 10.0 Å². The fraction of sp³-hybridized carbons (Fsp3) is 0.444. The Hall–Kier alpha value is -1.18. The molecule has 1 heterocycles. The van der Waals surface area contributed by atoms with Crippen molar-refractivity contribution in [2.24, 2.45) is 5.73 Å². The number of ether oxygens (including phenoxy) is 1. The van der Waals surface area contributed by atoms with E-state index in [1.54, 1.807) is 0 Å². The van der Waals surface area contributed by atoms with Gasteiger partial charge in [-0.2, -0.15) is 0 Å². The van der Waals surface area contributed by atoms with Crippen LogP contribution < -0.4 is 10.5 Å². The third-order valence-corrected chi connectivity index (χ3v) is 3.65. The summed E-state index contributed by atoms with van der Waals surface area (Å²) < 4.78 is 29.6. The van der Waals surface area contributed by atoms with Crippen molar-refractivity contribution in [2.75, 3.05) is 27.2 Å². The van der Waals surface area contributed by atoms with E-state index in [1.807, 2.05) is 0 Å². The molecule has 16 heavy (non-hydrogen) atoms. The van der Waals surface area contributed by atoms with Gasteiger partial charge in [0.2, 0.25) is 15.9 Å². The summed E-state index contributed by atoms with van der Waals surface area (Å²) >= 11 is 0. The Labute approximate surface area is 95.1 Å². The van der Waals surface area contributed by atoms with Crippen LogP contribution in [0.2, 0.25) is 0 Å². The molecule has 0 saturated heterocycles. The number of aromatic nitrogens is 1. The summed E-state index contributed by atoms with van der Waals surface area (Å²) in [5.41, 5.74) is 5.26. The highest BCUT2D eigenvalue weighted by molar-refractivity contribution is 7.89. The molecule has 0 spiro atoms. The molecule has 7 heteroatoms. The van der Waals surface area contributed by atoms with E-state index < -0.39 is 10.0 Å². The normalized spacial score (nSPS) is 11.8. The van der Waals surface area contributed by atoms with Crippen LogP contribution in [0.15, 0.2) is 23.2 Å². The van der Waals surface area contributed by atoms with Gasteiger partial charge in [0.1, 0.15) is 11.5 Å². The van der Waals surface area contributed by atoms with E-state index in [1.165, 1.54) is 32.4 Å². The molecule has 90 valence electrons. The van der Waals surface area contributed by atoms with Gasteiger partial charge < -0.3 is 10.5 Å². The Bertz CT molecular complexity index is 428. The molecule has 0 radical (unpaired) electrons. The summed E-state index contributed by atoms with van der Waals surface area (Å²) in [6, 6.07) is 2.96. The number of hydrogen-bond acceptors (Lipinski definition) is 5. The summed E-state index contributed by atoms with van der Waals surface area (Å²) in [5.74, 6) is 0.364. The summed E-state index contributed by atoms with van der Waals surface area (Å²) in [5, 5.41) is 0. The molecule has 2 N–H and O–H groups in total. The SMILES string of the molecule is CN(C)S(=O)(=O)c1ccc(OCCN)nc1. The molecule has 0 amide bonds. The summed E-state index contributed by atoms with van der Waals surface area (Å²) in [6.07, 6.45) is 1.27. The fourth-order valence-corrected chi connectivity index (χ4v) is 1.83. The van der Waals surface area contributed by atoms with Crippen molar-refractivity contribution in [3.05, 3.63) is 18.3 Å². The van der Waals surface area contributed by atoms with Gasteiger partial charge in [-0.05, 0) is 6.07 Å². The quantitative estimate of drug-likeness (QED) is 0.767. The topological polar surface area (TPSA) is 85.5 Å². The van der Waals surface area contributed by atoms with Crippen molar-refractivity contribution in [1.29, 1.82) is 0 Å². The fourth-order valence-electron chi connectivity index (χ4n) is 0.979. The van der Waals surface area contributed by atoms with E-state index in [2.05, 4.69) is 4.98 Å². The molecule has 1 rings (SSSR count). The number of pyridine rings is 1. The second kappa shape index (κ2) is 5.24. The van der Waals surface area contributed by atoms with E-state index in [4.69, 9.17) is 10.5 Å². The predicted octanol–water partition coefficient (Wildman–Crippen LogP) is -0.331. The van der Waals surface area contributed by atoms with Crippen LogP contribution in [0.3, 0.4) is 0 Å². The van der Waals surface area contributed by atoms with E-state index in [0.717, 1.165) is 4.31 Å². The smallest absolute Gasteiger partial charge is 0.244 e. The molecule has 0 aromatic carbocycles. The Morgan fingerprint density at radius 2 is 2.12 bits per heavy atom. The van der Waals surface area contributed by atoms with Gasteiger partial charge in [0.15, 0.2) is 0 Å². The highest BCUT2D eigenvalue weighted by Gasteiger charge is 2.17. The first kappa shape index (κ1) is 12.9. The van der Waals surface area contributed by atoms with Crippen molar-refractivity contribution in [3.8, 4) is 5.88 Å². The first-order valence-corrected chi connectivity index (χ1v) is 6.14. The molecule has 0 aliphatic heterocycles. The van der Waals surface area contributed by atoms with E-state index in [-0.39, 0.29) is 4.90 Å². The first-order valence-electron chi connectivity index (χ1n) is 4.70. The molecule has 0 atom stereocenters. The zero-order chi connectivity index (χ0) is 12.2. The van der Waals surface area contributed by atoms with Crippen molar-refractivity contribution in [1.82, 2.24) is 9.29 Å². The Morgan fingerprint density at radius 1 is 1.44 bits per heavy atom. The lowest BCUT2D eigenvalue weighted by Crippen LogP contribution is -2.22. The summed E-state index contributed by atoms with van der Waals surface area (Å²) in [7, 11) is -0.491. The van der Waals surface area contributed by atoms with Gasteiger partial charge in [0, 0.05) is 26.7 Å². The van der Waals surface area contributed by atoms with Gasteiger partial charge in [-0.15, -0.1) is 0 Å². The average molecular weight is 245 g/mol. The molecule has 0 unspecified atom stereocenters. The van der Waals surface area contributed by atoms with Crippen LogP contribution in [0.25, 0.3) is 0 Å². The highest BCUT2D eigenvalue weighted by Crippen LogP contribution is 2.14. The molecule has 0 aliphatic rings. The van der Waals surface area contributed by atoms with Gasteiger partial charge in [0.25, 0.3) is 0 Å². The second-order valence-corrected chi connectivity index (χ2v) is 5.41. The number of rotatable bonds is 5.